The van der Waals surface area contributed by atoms with Gasteiger partial charge in [-0.2, -0.15) is 0 Å². The van der Waals surface area contributed by atoms with Crippen molar-refractivity contribution in [2.75, 3.05) is 7.11 Å². The molecular formula is C19H20N2O5. The molecule has 0 radical (unpaired) electrons. The van der Waals surface area contributed by atoms with Gasteiger partial charge in [0.2, 0.25) is 0 Å². The van der Waals surface area contributed by atoms with E-state index in [1.54, 1.807) is 0 Å². The minimum Gasteiger partial charge on any atom is -0.465 e. The van der Waals surface area contributed by atoms with Crippen molar-refractivity contribution in [1.29, 1.82) is 0 Å². The van der Waals surface area contributed by atoms with E-state index in [4.69, 9.17) is 0 Å². The number of ether oxygens (including phenoxy) is 1. The topological polar surface area (TPSA) is 98.5 Å². The molecule has 0 fully saturated rings. The summed E-state index contributed by atoms with van der Waals surface area (Å²) in [5.74, 6) is -1.24. The number of hydrogen-bond acceptors (Lipinski definition) is 5. The first-order chi connectivity index (χ1) is 12.3. The third kappa shape index (κ3) is 4.44. The molecule has 2 aromatic carbocycles. The Balaban J connectivity index is 2.32. The average Bonchev–Trinajstić information content (AvgIpc) is 2.65. The molecule has 0 aliphatic rings. The zero-order valence-corrected chi connectivity index (χ0v) is 14.8. The van der Waals surface area contributed by atoms with E-state index in [2.05, 4.69) is 10.1 Å². The lowest BCUT2D eigenvalue weighted by Gasteiger charge is -2.18. The Morgan fingerprint density at radius 2 is 1.77 bits per heavy atom. The number of esters is 1. The number of nitrogens with zero attached hydrogens (tertiary/aromatic N) is 1. The minimum atomic E-state index is -0.742. The number of non-ortho nitro benzene ring substituents is 1. The van der Waals surface area contributed by atoms with Gasteiger partial charge in [-0.15, -0.1) is 0 Å². The maximum atomic E-state index is 12.6. The van der Waals surface area contributed by atoms with E-state index >= 15 is 0 Å². The summed E-state index contributed by atoms with van der Waals surface area (Å²) < 4.78 is 4.60. The molecular weight excluding hydrogens is 336 g/mol. The lowest BCUT2D eigenvalue weighted by atomic mass is 10.0. The van der Waals surface area contributed by atoms with Crippen LogP contribution >= 0.6 is 0 Å². The van der Waals surface area contributed by atoms with Crippen molar-refractivity contribution in [3.05, 3.63) is 74.8 Å². The summed E-state index contributed by atoms with van der Waals surface area (Å²) >= 11 is 0. The molecule has 2 rings (SSSR count). The summed E-state index contributed by atoms with van der Waals surface area (Å²) in [7, 11) is 1.17. The molecule has 0 bridgehead atoms. The van der Waals surface area contributed by atoms with Crippen LogP contribution in [0.5, 0.6) is 0 Å². The van der Waals surface area contributed by atoms with Crippen molar-refractivity contribution >= 4 is 17.6 Å². The highest BCUT2D eigenvalue weighted by Crippen LogP contribution is 2.21. The number of aryl methyl sites for hydroxylation is 1. The fourth-order valence-electron chi connectivity index (χ4n) is 2.54. The van der Waals surface area contributed by atoms with E-state index in [9.17, 15) is 19.7 Å². The van der Waals surface area contributed by atoms with Gasteiger partial charge in [-0.25, -0.2) is 4.79 Å². The maximum absolute atomic E-state index is 12.6. The molecule has 26 heavy (non-hydrogen) atoms. The molecule has 136 valence electrons. The molecule has 0 saturated heterocycles. The van der Waals surface area contributed by atoms with E-state index in [1.807, 2.05) is 38.1 Å². The number of nitro groups is 1. The smallest absolute Gasteiger partial charge is 0.338 e. The van der Waals surface area contributed by atoms with Crippen molar-refractivity contribution in [1.82, 2.24) is 5.32 Å². The van der Waals surface area contributed by atoms with Gasteiger partial charge in [0.25, 0.3) is 11.6 Å². The summed E-state index contributed by atoms with van der Waals surface area (Å²) in [6, 6.07) is 11.0. The molecule has 0 aromatic heterocycles. The largest absolute Gasteiger partial charge is 0.465 e. The number of amides is 1. The first-order valence-corrected chi connectivity index (χ1v) is 8.11. The first-order valence-electron chi connectivity index (χ1n) is 8.11. The summed E-state index contributed by atoms with van der Waals surface area (Å²) in [6.45, 7) is 3.90. The van der Waals surface area contributed by atoms with Crippen molar-refractivity contribution in [2.45, 2.75) is 26.3 Å². The molecule has 0 aliphatic heterocycles. The van der Waals surface area contributed by atoms with Crippen LogP contribution < -0.4 is 5.32 Å². The zero-order chi connectivity index (χ0) is 19.3. The van der Waals surface area contributed by atoms with Crippen LogP contribution in [0.2, 0.25) is 0 Å². The van der Waals surface area contributed by atoms with Gasteiger partial charge in [0.05, 0.1) is 23.6 Å². The second kappa shape index (κ2) is 8.24. The monoisotopic (exact) mass is 356 g/mol. The minimum absolute atomic E-state index is 0.0326. The van der Waals surface area contributed by atoms with Gasteiger partial charge in [0.15, 0.2) is 0 Å². The number of methoxy groups -OCH3 is 1. The Bertz CT molecular complexity index is 830. The SMILES string of the molecule is CCC(NC(=O)c1cc(C(=O)OC)cc([N+](=O)[O-])c1)c1ccc(C)cc1. The van der Waals surface area contributed by atoms with Gasteiger partial charge in [-0.3, -0.25) is 14.9 Å². The molecule has 7 nitrogen and oxygen atoms in total. The molecule has 0 aliphatic carbocycles. The standard InChI is InChI=1S/C19H20N2O5/c1-4-17(13-7-5-12(2)6-8-13)20-18(22)14-9-15(19(23)26-3)11-16(10-14)21(24)25/h5-11,17H,4H2,1-3H3,(H,20,22). The van der Waals surface area contributed by atoms with Gasteiger partial charge >= 0.3 is 5.97 Å². The molecule has 1 atom stereocenters. The van der Waals surface area contributed by atoms with Gasteiger partial charge in [-0.05, 0) is 25.0 Å². The summed E-state index contributed by atoms with van der Waals surface area (Å²) in [6.07, 6.45) is 0.646. The summed E-state index contributed by atoms with van der Waals surface area (Å²) in [5.41, 5.74) is 1.68. The van der Waals surface area contributed by atoms with E-state index in [0.717, 1.165) is 23.3 Å². The Kier molecular flexibility index (Phi) is 6.06. The average molecular weight is 356 g/mol. The van der Waals surface area contributed by atoms with E-state index in [1.165, 1.54) is 13.2 Å². The highest BCUT2D eigenvalue weighted by molar-refractivity contribution is 5.99. The van der Waals surface area contributed by atoms with E-state index in [-0.39, 0.29) is 22.9 Å². The quantitative estimate of drug-likeness (QED) is 0.485. The zero-order valence-electron chi connectivity index (χ0n) is 14.8. The van der Waals surface area contributed by atoms with Crippen LogP contribution in [0.25, 0.3) is 0 Å². The predicted octanol–water partition coefficient (Wildman–Crippen LogP) is 3.57. The molecule has 1 N–H and O–H groups in total. The van der Waals surface area contributed by atoms with Gasteiger partial charge in [-0.1, -0.05) is 36.8 Å². The van der Waals surface area contributed by atoms with Crippen molar-refractivity contribution in [3.63, 3.8) is 0 Å². The lowest BCUT2D eigenvalue weighted by Crippen LogP contribution is -2.28. The number of nitro benzene ring substituents is 1. The summed E-state index contributed by atoms with van der Waals surface area (Å²) in [4.78, 5) is 34.8. The molecule has 0 saturated carbocycles. The van der Waals surface area contributed by atoms with Crippen LogP contribution in [-0.4, -0.2) is 23.9 Å². The van der Waals surface area contributed by atoms with Crippen molar-refractivity contribution < 1.29 is 19.2 Å². The van der Waals surface area contributed by atoms with Gasteiger partial charge < -0.3 is 10.1 Å². The third-order valence-electron chi connectivity index (χ3n) is 4.01. The Labute approximate surface area is 151 Å². The van der Waals surface area contributed by atoms with Crippen molar-refractivity contribution in [2.24, 2.45) is 0 Å². The maximum Gasteiger partial charge on any atom is 0.338 e. The Hall–Kier alpha value is -3.22. The normalized spacial score (nSPS) is 11.5. The van der Waals surface area contributed by atoms with Crippen LogP contribution in [0.15, 0.2) is 42.5 Å². The van der Waals surface area contributed by atoms with E-state index < -0.39 is 16.8 Å². The predicted molar refractivity (Wildman–Crippen MR) is 96.1 cm³/mol. The van der Waals surface area contributed by atoms with E-state index in [0.29, 0.717) is 6.42 Å². The van der Waals surface area contributed by atoms with Crippen LogP contribution in [0.1, 0.15) is 51.2 Å². The van der Waals surface area contributed by atoms with Crippen LogP contribution in [0, 0.1) is 17.0 Å². The Morgan fingerprint density at radius 1 is 1.15 bits per heavy atom. The summed E-state index contributed by atoms with van der Waals surface area (Å²) in [5, 5.41) is 13.9. The fraction of sp³-hybridized carbons (Fsp3) is 0.263. The number of rotatable bonds is 6. The molecule has 7 heteroatoms. The molecule has 0 spiro atoms. The number of nitrogens with one attached hydrogen (secondary N) is 1. The highest BCUT2D eigenvalue weighted by atomic mass is 16.6. The third-order valence-corrected chi connectivity index (χ3v) is 4.01. The molecule has 0 heterocycles. The Morgan fingerprint density at radius 3 is 2.31 bits per heavy atom. The van der Waals surface area contributed by atoms with Crippen LogP contribution in [0.4, 0.5) is 5.69 Å². The van der Waals surface area contributed by atoms with Gasteiger partial charge in [0, 0.05) is 17.7 Å². The second-order valence-corrected chi connectivity index (χ2v) is 5.86. The van der Waals surface area contributed by atoms with Crippen molar-refractivity contribution in [3.8, 4) is 0 Å². The lowest BCUT2D eigenvalue weighted by molar-refractivity contribution is -0.384. The second-order valence-electron chi connectivity index (χ2n) is 5.86. The van der Waals surface area contributed by atoms with Gasteiger partial charge in [0.1, 0.15) is 0 Å². The molecule has 1 amide bonds. The number of carbonyl (C=O) groups excluding carboxylic acids is 2. The molecule has 2 aromatic rings. The number of benzene rings is 2. The number of hydrogen-bond donors (Lipinski definition) is 1. The van der Waals surface area contributed by atoms with Crippen LogP contribution in [0.3, 0.4) is 0 Å². The first kappa shape index (κ1) is 19.1. The molecule has 1 unspecified atom stereocenters. The highest BCUT2D eigenvalue weighted by Gasteiger charge is 2.20. The fourth-order valence-corrected chi connectivity index (χ4v) is 2.54. The van der Waals surface area contributed by atoms with Crippen LogP contribution in [-0.2, 0) is 4.74 Å². The number of carbonyl (C=O) groups is 2.